The molecule has 1 N–H and O–H groups in total. The second-order valence-corrected chi connectivity index (χ2v) is 6.42. The van der Waals surface area contributed by atoms with Gasteiger partial charge >= 0.3 is 0 Å². The van der Waals surface area contributed by atoms with Crippen LogP contribution in [0.4, 0.5) is 0 Å². The normalized spacial score (nSPS) is 16.6. The quantitative estimate of drug-likeness (QED) is 0.916. The topological polar surface area (TPSA) is 54.6 Å². The number of fused-ring (bicyclic) bond motifs is 1. The minimum atomic E-state index is -0.0701. The summed E-state index contributed by atoms with van der Waals surface area (Å²) in [6, 6.07) is 5.51. The van der Waals surface area contributed by atoms with E-state index in [1.807, 2.05) is 19.1 Å². The van der Waals surface area contributed by atoms with Gasteiger partial charge in [-0.2, -0.15) is 0 Å². The Balaban J connectivity index is 1.89. The van der Waals surface area contributed by atoms with Gasteiger partial charge in [-0.25, -0.2) is 0 Å². The highest BCUT2D eigenvalue weighted by molar-refractivity contribution is 5.87. The van der Waals surface area contributed by atoms with Gasteiger partial charge in [0.05, 0.1) is 18.7 Å². The number of hydrogen-bond acceptors (Lipinski definition) is 4. The summed E-state index contributed by atoms with van der Waals surface area (Å²) in [5.74, 6) is 0.888. The molecule has 1 fully saturated rings. The van der Waals surface area contributed by atoms with Gasteiger partial charge in [0.25, 0.3) is 0 Å². The Morgan fingerprint density at radius 2 is 2.04 bits per heavy atom. The van der Waals surface area contributed by atoms with Gasteiger partial charge < -0.3 is 14.5 Å². The van der Waals surface area contributed by atoms with E-state index in [0.717, 1.165) is 66.9 Å². The lowest BCUT2D eigenvalue weighted by atomic mass is 10.0. The molecule has 0 saturated carbocycles. The molecule has 24 heavy (non-hydrogen) atoms. The molecule has 0 aliphatic carbocycles. The van der Waals surface area contributed by atoms with Gasteiger partial charge in [-0.05, 0) is 44.4 Å². The fourth-order valence-corrected chi connectivity index (χ4v) is 3.56. The molecule has 5 heteroatoms. The van der Waals surface area contributed by atoms with Gasteiger partial charge in [0.1, 0.15) is 5.75 Å². The van der Waals surface area contributed by atoms with Crippen molar-refractivity contribution in [2.75, 3.05) is 26.8 Å². The van der Waals surface area contributed by atoms with E-state index in [0.29, 0.717) is 6.10 Å². The van der Waals surface area contributed by atoms with Crippen LogP contribution in [0.3, 0.4) is 0 Å². The molecule has 5 nitrogen and oxygen atoms in total. The minimum Gasteiger partial charge on any atom is -0.496 e. The lowest BCUT2D eigenvalue weighted by Crippen LogP contribution is -2.36. The third-order valence-electron chi connectivity index (χ3n) is 4.82. The number of methoxy groups -OCH3 is 1. The Labute approximate surface area is 142 Å². The highest BCUT2D eigenvalue weighted by Gasteiger charge is 2.21. The largest absolute Gasteiger partial charge is 0.496 e. The van der Waals surface area contributed by atoms with Crippen LogP contribution < -0.4 is 10.3 Å². The number of nitrogens with one attached hydrogen (secondary N) is 1. The molecule has 1 aliphatic rings. The Morgan fingerprint density at radius 3 is 2.71 bits per heavy atom. The Kier molecular flexibility index (Phi) is 5.21. The number of pyridine rings is 1. The van der Waals surface area contributed by atoms with E-state index >= 15 is 0 Å². The average molecular weight is 330 g/mol. The van der Waals surface area contributed by atoms with E-state index in [4.69, 9.17) is 9.47 Å². The van der Waals surface area contributed by atoms with E-state index in [1.54, 1.807) is 13.2 Å². The van der Waals surface area contributed by atoms with Crippen molar-refractivity contribution < 1.29 is 9.47 Å². The van der Waals surface area contributed by atoms with Crippen LogP contribution in [-0.2, 0) is 11.3 Å². The van der Waals surface area contributed by atoms with Crippen LogP contribution in [0.15, 0.2) is 23.0 Å². The molecule has 0 spiro atoms. The monoisotopic (exact) mass is 330 g/mol. The maximum Gasteiger partial charge on any atom is 0.248 e. The van der Waals surface area contributed by atoms with Gasteiger partial charge in [0.15, 0.2) is 0 Å². The standard InChI is InChI=1S/C19H26N2O3/c1-4-24-14-7-9-21(10-8-14)12-16-15-5-6-18(22)20-19(15)13(2)11-17(16)23-3/h5-6,11,14H,4,7-10,12H2,1-3H3,(H,20,22). The van der Waals surface area contributed by atoms with Crippen LogP contribution in [0, 0.1) is 6.92 Å². The molecule has 0 atom stereocenters. The molecule has 3 rings (SSSR count). The van der Waals surface area contributed by atoms with E-state index in [1.165, 1.54) is 0 Å². The first-order valence-corrected chi connectivity index (χ1v) is 8.65. The SMILES string of the molecule is CCOC1CCN(Cc2c(OC)cc(C)c3[nH]c(=O)ccc23)CC1. The van der Waals surface area contributed by atoms with Crippen molar-refractivity contribution in [1.29, 1.82) is 0 Å². The van der Waals surface area contributed by atoms with E-state index in [2.05, 4.69) is 16.8 Å². The first-order valence-electron chi connectivity index (χ1n) is 8.65. The molecule has 0 radical (unpaired) electrons. The van der Waals surface area contributed by atoms with Gasteiger partial charge in [0.2, 0.25) is 5.56 Å². The van der Waals surface area contributed by atoms with Crippen LogP contribution in [0.25, 0.3) is 10.9 Å². The van der Waals surface area contributed by atoms with E-state index < -0.39 is 0 Å². The molecule has 2 aromatic rings. The van der Waals surface area contributed by atoms with Crippen molar-refractivity contribution in [3.05, 3.63) is 39.7 Å². The van der Waals surface area contributed by atoms with E-state index in [9.17, 15) is 4.79 Å². The highest BCUT2D eigenvalue weighted by Crippen LogP contribution is 2.31. The van der Waals surface area contributed by atoms with Gasteiger partial charge in [0, 0.05) is 43.3 Å². The Bertz CT molecular complexity index is 761. The summed E-state index contributed by atoms with van der Waals surface area (Å²) in [4.78, 5) is 17.1. The number of aromatic nitrogens is 1. The van der Waals surface area contributed by atoms with Gasteiger partial charge in [-0.15, -0.1) is 0 Å². The summed E-state index contributed by atoms with van der Waals surface area (Å²) in [7, 11) is 1.71. The average Bonchev–Trinajstić information content (AvgIpc) is 2.59. The van der Waals surface area contributed by atoms with Crippen molar-refractivity contribution in [2.24, 2.45) is 0 Å². The van der Waals surface area contributed by atoms with Crippen LogP contribution in [-0.4, -0.2) is 42.8 Å². The number of likely N-dealkylation sites (tertiary alicyclic amines) is 1. The fourth-order valence-electron chi connectivity index (χ4n) is 3.56. The smallest absolute Gasteiger partial charge is 0.248 e. The molecule has 130 valence electrons. The predicted octanol–water partition coefficient (Wildman–Crippen LogP) is 2.85. The molecule has 1 saturated heterocycles. The number of aryl methyl sites for hydroxylation is 1. The van der Waals surface area contributed by atoms with Crippen LogP contribution >= 0.6 is 0 Å². The number of hydrogen-bond donors (Lipinski definition) is 1. The molecular weight excluding hydrogens is 304 g/mol. The third-order valence-corrected chi connectivity index (χ3v) is 4.82. The van der Waals surface area contributed by atoms with E-state index in [-0.39, 0.29) is 5.56 Å². The van der Waals surface area contributed by atoms with Crippen molar-refractivity contribution in [3.63, 3.8) is 0 Å². The molecular formula is C19H26N2O3. The number of rotatable bonds is 5. The molecule has 0 bridgehead atoms. The summed E-state index contributed by atoms with van der Waals surface area (Å²) in [5, 5.41) is 1.07. The number of nitrogens with zero attached hydrogens (tertiary/aromatic N) is 1. The molecule has 0 unspecified atom stereocenters. The Morgan fingerprint density at radius 1 is 1.29 bits per heavy atom. The van der Waals surface area contributed by atoms with Crippen molar-refractivity contribution in [2.45, 2.75) is 39.3 Å². The Hall–Kier alpha value is -1.85. The summed E-state index contributed by atoms with van der Waals surface area (Å²) in [5.41, 5.74) is 3.00. The summed E-state index contributed by atoms with van der Waals surface area (Å²) in [6.45, 7) is 7.70. The number of aromatic amines is 1. The third kappa shape index (κ3) is 3.47. The number of piperidine rings is 1. The first-order chi connectivity index (χ1) is 11.6. The minimum absolute atomic E-state index is 0.0701. The molecule has 1 aliphatic heterocycles. The number of benzene rings is 1. The molecule has 1 aromatic heterocycles. The fraction of sp³-hybridized carbons (Fsp3) is 0.526. The van der Waals surface area contributed by atoms with Crippen molar-refractivity contribution in [1.82, 2.24) is 9.88 Å². The molecule has 0 amide bonds. The lowest BCUT2D eigenvalue weighted by molar-refractivity contribution is 0.0125. The zero-order valence-electron chi connectivity index (χ0n) is 14.7. The van der Waals surface area contributed by atoms with Crippen LogP contribution in [0.2, 0.25) is 0 Å². The van der Waals surface area contributed by atoms with Crippen LogP contribution in [0.5, 0.6) is 5.75 Å². The number of ether oxygens (including phenoxy) is 2. The summed E-state index contributed by atoms with van der Waals surface area (Å²) in [6.07, 6.45) is 2.52. The lowest BCUT2D eigenvalue weighted by Gasteiger charge is -2.32. The second-order valence-electron chi connectivity index (χ2n) is 6.42. The zero-order chi connectivity index (χ0) is 17.1. The molecule has 1 aromatic carbocycles. The maximum absolute atomic E-state index is 11.7. The van der Waals surface area contributed by atoms with Gasteiger partial charge in [-0.3, -0.25) is 9.69 Å². The number of H-pyrrole nitrogens is 1. The second kappa shape index (κ2) is 7.36. The van der Waals surface area contributed by atoms with Crippen molar-refractivity contribution >= 4 is 10.9 Å². The summed E-state index contributed by atoms with van der Waals surface area (Å²) >= 11 is 0. The van der Waals surface area contributed by atoms with Crippen LogP contribution in [0.1, 0.15) is 30.9 Å². The highest BCUT2D eigenvalue weighted by atomic mass is 16.5. The van der Waals surface area contributed by atoms with Gasteiger partial charge in [-0.1, -0.05) is 0 Å². The van der Waals surface area contributed by atoms with Crippen molar-refractivity contribution in [3.8, 4) is 5.75 Å². The zero-order valence-corrected chi connectivity index (χ0v) is 14.7. The first kappa shape index (κ1) is 17.0. The maximum atomic E-state index is 11.7. The summed E-state index contributed by atoms with van der Waals surface area (Å²) < 4.78 is 11.4. The predicted molar refractivity (Wildman–Crippen MR) is 95.8 cm³/mol. The molecule has 2 heterocycles.